The Labute approximate surface area is 96.0 Å². The predicted octanol–water partition coefficient (Wildman–Crippen LogP) is 3.84. The summed E-state index contributed by atoms with van der Waals surface area (Å²) in [6.07, 6.45) is 7.33. The topological polar surface area (TPSA) is 12.0 Å². The molecular formula is C14H29N. The molecule has 1 fully saturated rings. The second-order valence-electron chi connectivity index (χ2n) is 5.58. The summed E-state index contributed by atoms with van der Waals surface area (Å²) in [6.45, 7) is 10.5. The molecule has 0 saturated heterocycles. The van der Waals surface area contributed by atoms with Crippen LogP contribution < -0.4 is 5.32 Å². The minimum Gasteiger partial charge on any atom is -0.314 e. The quantitative estimate of drug-likeness (QED) is 0.728. The fourth-order valence-electron chi connectivity index (χ4n) is 3.22. The van der Waals surface area contributed by atoms with E-state index in [0.29, 0.717) is 0 Å². The Hall–Kier alpha value is -0.0400. The first-order valence-corrected chi connectivity index (χ1v) is 6.90. The van der Waals surface area contributed by atoms with Gasteiger partial charge in [-0.1, -0.05) is 59.8 Å². The molecule has 0 aliphatic heterocycles. The molecule has 0 aromatic heterocycles. The van der Waals surface area contributed by atoms with Crippen LogP contribution in [0.2, 0.25) is 0 Å². The van der Waals surface area contributed by atoms with Gasteiger partial charge in [-0.15, -0.1) is 0 Å². The van der Waals surface area contributed by atoms with Gasteiger partial charge < -0.3 is 5.32 Å². The lowest BCUT2D eigenvalue weighted by atomic mass is 9.75. The lowest BCUT2D eigenvalue weighted by molar-refractivity contribution is 0.182. The third-order valence-corrected chi connectivity index (χ3v) is 4.12. The van der Waals surface area contributed by atoms with Gasteiger partial charge in [0.15, 0.2) is 0 Å². The standard InChI is InChI=1S/C14H29N/c1-5-15-14(11(2)3)12(4)13-9-7-6-8-10-13/h11-15H,5-10H2,1-4H3. The highest BCUT2D eigenvalue weighted by Gasteiger charge is 2.28. The normalized spacial score (nSPS) is 23.0. The average molecular weight is 211 g/mol. The molecule has 15 heavy (non-hydrogen) atoms. The van der Waals surface area contributed by atoms with E-state index < -0.39 is 0 Å². The summed E-state index contributed by atoms with van der Waals surface area (Å²) in [5, 5.41) is 3.68. The molecule has 1 rings (SSSR count). The van der Waals surface area contributed by atoms with E-state index in [1.54, 1.807) is 0 Å². The largest absolute Gasteiger partial charge is 0.314 e. The van der Waals surface area contributed by atoms with Crippen molar-refractivity contribution in [3.8, 4) is 0 Å². The van der Waals surface area contributed by atoms with Crippen LogP contribution in [0.25, 0.3) is 0 Å². The van der Waals surface area contributed by atoms with E-state index in [1.807, 2.05) is 0 Å². The van der Waals surface area contributed by atoms with Crippen molar-refractivity contribution in [2.75, 3.05) is 6.54 Å². The van der Waals surface area contributed by atoms with Crippen LogP contribution in [0.4, 0.5) is 0 Å². The Morgan fingerprint density at radius 2 is 1.67 bits per heavy atom. The van der Waals surface area contributed by atoms with E-state index in [2.05, 4.69) is 33.0 Å². The van der Waals surface area contributed by atoms with Crippen LogP contribution in [-0.2, 0) is 0 Å². The van der Waals surface area contributed by atoms with Crippen LogP contribution >= 0.6 is 0 Å². The molecule has 0 spiro atoms. The molecule has 0 radical (unpaired) electrons. The van der Waals surface area contributed by atoms with Gasteiger partial charge in [-0.25, -0.2) is 0 Å². The third kappa shape index (κ3) is 3.79. The van der Waals surface area contributed by atoms with Crippen molar-refractivity contribution < 1.29 is 0 Å². The summed E-state index contributed by atoms with van der Waals surface area (Å²) in [6, 6.07) is 0.720. The van der Waals surface area contributed by atoms with Gasteiger partial charge in [-0.3, -0.25) is 0 Å². The molecule has 2 atom stereocenters. The minimum atomic E-state index is 0.720. The van der Waals surface area contributed by atoms with Crippen LogP contribution in [0, 0.1) is 17.8 Å². The third-order valence-electron chi connectivity index (χ3n) is 4.12. The van der Waals surface area contributed by atoms with Gasteiger partial charge in [0.25, 0.3) is 0 Å². The van der Waals surface area contributed by atoms with Crippen molar-refractivity contribution >= 4 is 0 Å². The summed E-state index contributed by atoms with van der Waals surface area (Å²) < 4.78 is 0. The number of hydrogen-bond acceptors (Lipinski definition) is 1. The van der Waals surface area contributed by atoms with Crippen LogP contribution in [0.15, 0.2) is 0 Å². The Morgan fingerprint density at radius 1 is 1.07 bits per heavy atom. The first-order chi connectivity index (χ1) is 7.16. The van der Waals surface area contributed by atoms with Crippen LogP contribution in [-0.4, -0.2) is 12.6 Å². The molecule has 90 valence electrons. The molecule has 1 heteroatoms. The van der Waals surface area contributed by atoms with Gasteiger partial charge in [0.05, 0.1) is 0 Å². The smallest absolute Gasteiger partial charge is 0.0118 e. The molecule has 0 bridgehead atoms. The molecule has 1 nitrogen and oxygen atoms in total. The summed E-state index contributed by atoms with van der Waals surface area (Å²) in [5.41, 5.74) is 0. The van der Waals surface area contributed by atoms with Crippen molar-refractivity contribution in [2.45, 2.75) is 65.8 Å². The predicted molar refractivity (Wildman–Crippen MR) is 68.0 cm³/mol. The summed E-state index contributed by atoms with van der Waals surface area (Å²) in [4.78, 5) is 0. The van der Waals surface area contributed by atoms with Gasteiger partial charge in [0.2, 0.25) is 0 Å². The maximum Gasteiger partial charge on any atom is 0.0118 e. The van der Waals surface area contributed by atoms with E-state index in [9.17, 15) is 0 Å². The van der Waals surface area contributed by atoms with E-state index in [-0.39, 0.29) is 0 Å². The average Bonchev–Trinajstić information content (AvgIpc) is 2.26. The number of nitrogens with one attached hydrogen (secondary N) is 1. The monoisotopic (exact) mass is 211 g/mol. The van der Waals surface area contributed by atoms with Crippen LogP contribution in [0.3, 0.4) is 0 Å². The molecular weight excluding hydrogens is 182 g/mol. The highest BCUT2D eigenvalue weighted by molar-refractivity contribution is 4.82. The molecule has 1 saturated carbocycles. The highest BCUT2D eigenvalue weighted by atomic mass is 14.9. The van der Waals surface area contributed by atoms with Crippen molar-refractivity contribution in [1.29, 1.82) is 0 Å². The van der Waals surface area contributed by atoms with Gasteiger partial charge in [-0.05, 0) is 24.3 Å². The highest BCUT2D eigenvalue weighted by Crippen LogP contribution is 2.33. The second kappa shape index (κ2) is 6.52. The summed E-state index contributed by atoms with van der Waals surface area (Å²) >= 11 is 0. The molecule has 0 aromatic carbocycles. The minimum absolute atomic E-state index is 0.720. The number of hydrogen-bond donors (Lipinski definition) is 1. The van der Waals surface area contributed by atoms with Crippen LogP contribution in [0.5, 0.6) is 0 Å². The van der Waals surface area contributed by atoms with Crippen LogP contribution in [0.1, 0.15) is 59.8 Å². The summed E-state index contributed by atoms with van der Waals surface area (Å²) in [7, 11) is 0. The second-order valence-corrected chi connectivity index (χ2v) is 5.58. The van der Waals surface area contributed by atoms with Crippen molar-refractivity contribution in [1.82, 2.24) is 5.32 Å². The van der Waals surface area contributed by atoms with E-state index in [0.717, 1.165) is 30.3 Å². The first-order valence-electron chi connectivity index (χ1n) is 6.90. The zero-order chi connectivity index (χ0) is 11.3. The summed E-state index contributed by atoms with van der Waals surface area (Å²) in [5.74, 6) is 2.59. The van der Waals surface area contributed by atoms with E-state index in [1.165, 1.54) is 32.1 Å². The SMILES string of the molecule is CCNC(C(C)C)C(C)C1CCCCC1. The molecule has 0 heterocycles. The van der Waals surface area contributed by atoms with E-state index in [4.69, 9.17) is 0 Å². The van der Waals surface area contributed by atoms with Gasteiger partial charge in [0, 0.05) is 6.04 Å². The Balaban J connectivity index is 2.49. The van der Waals surface area contributed by atoms with Crippen molar-refractivity contribution in [3.05, 3.63) is 0 Å². The number of rotatable bonds is 5. The Morgan fingerprint density at radius 3 is 2.13 bits per heavy atom. The maximum atomic E-state index is 3.68. The maximum absolute atomic E-state index is 3.68. The van der Waals surface area contributed by atoms with Gasteiger partial charge in [-0.2, -0.15) is 0 Å². The Bertz CT molecular complexity index is 159. The fraction of sp³-hybridized carbons (Fsp3) is 1.00. The lowest BCUT2D eigenvalue weighted by Crippen LogP contribution is -2.42. The molecule has 1 N–H and O–H groups in total. The fourth-order valence-corrected chi connectivity index (χ4v) is 3.22. The van der Waals surface area contributed by atoms with Crippen molar-refractivity contribution in [3.63, 3.8) is 0 Å². The molecule has 1 aliphatic rings. The lowest BCUT2D eigenvalue weighted by Gasteiger charge is -2.36. The molecule has 0 aromatic rings. The molecule has 1 aliphatic carbocycles. The zero-order valence-corrected chi connectivity index (χ0v) is 11.1. The van der Waals surface area contributed by atoms with Crippen molar-refractivity contribution in [2.24, 2.45) is 17.8 Å². The van der Waals surface area contributed by atoms with Gasteiger partial charge >= 0.3 is 0 Å². The Kier molecular flexibility index (Phi) is 5.66. The molecule has 2 unspecified atom stereocenters. The van der Waals surface area contributed by atoms with E-state index >= 15 is 0 Å². The zero-order valence-electron chi connectivity index (χ0n) is 11.1. The van der Waals surface area contributed by atoms with Gasteiger partial charge in [0.1, 0.15) is 0 Å². The first kappa shape index (κ1) is 13.0. The molecule has 0 amide bonds.